The van der Waals surface area contributed by atoms with Crippen LogP contribution in [0.4, 0.5) is 5.69 Å². The molecular weight excluding hydrogens is 467 g/mol. The first-order valence-electron chi connectivity index (χ1n) is 10.4. The monoisotopic (exact) mass is 502 g/mol. The molecule has 6 nitrogen and oxygen atoms in total. The van der Waals surface area contributed by atoms with Gasteiger partial charge >= 0.3 is 0 Å². The summed E-state index contributed by atoms with van der Waals surface area (Å²) in [6, 6.07) is 5.93. The van der Waals surface area contributed by atoms with Crippen LogP contribution in [-0.4, -0.2) is 57.3 Å². The van der Waals surface area contributed by atoms with Gasteiger partial charge in [0.05, 0.1) is 13.2 Å². The molecule has 1 aromatic carbocycles. The van der Waals surface area contributed by atoms with Gasteiger partial charge in [0.25, 0.3) is 0 Å². The third kappa shape index (κ3) is 7.66. The number of piperidine rings is 1. The molecule has 1 saturated heterocycles. The molecule has 2 aliphatic heterocycles. The summed E-state index contributed by atoms with van der Waals surface area (Å²) in [7, 11) is 1.80. The second-order valence-corrected chi connectivity index (χ2v) is 7.30. The number of anilines is 1. The fraction of sp³-hybridized carbons (Fsp3) is 0.667. The summed E-state index contributed by atoms with van der Waals surface area (Å²) >= 11 is 0. The van der Waals surface area contributed by atoms with Gasteiger partial charge < -0.3 is 25.0 Å². The summed E-state index contributed by atoms with van der Waals surface area (Å²) in [6.45, 7) is 6.19. The average Bonchev–Trinajstić information content (AvgIpc) is 2.95. The molecule has 2 N–H and O–H groups in total. The van der Waals surface area contributed by atoms with Gasteiger partial charge in [-0.05, 0) is 57.5 Å². The van der Waals surface area contributed by atoms with Crippen LogP contribution in [0, 0.1) is 0 Å². The van der Waals surface area contributed by atoms with Gasteiger partial charge in [-0.15, -0.1) is 24.0 Å². The van der Waals surface area contributed by atoms with Crippen molar-refractivity contribution in [3.8, 4) is 11.5 Å². The third-order valence-electron chi connectivity index (χ3n) is 5.13. The van der Waals surface area contributed by atoms with Crippen LogP contribution < -0.4 is 20.1 Å². The summed E-state index contributed by atoms with van der Waals surface area (Å²) in [5.41, 5.74) is 0.956. The molecule has 1 aromatic rings. The zero-order valence-corrected chi connectivity index (χ0v) is 19.4. The molecule has 158 valence electrons. The SMILES string of the molecule is CN=C(NCCCCCN1CCCCC1)Nc1ccc2c(c1)OCCCO2.I. The first kappa shape index (κ1) is 23.1. The van der Waals surface area contributed by atoms with Crippen LogP contribution in [0.1, 0.15) is 44.9 Å². The van der Waals surface area contributed by atoms with E-state index in [2.05, 4.69) is 20.5 Å². The van der Waals surface area contributed by atoms with Gasteiger partial charge in [0.2, 0.25) is 0 Å². The Bertz CT molecular complexity index is 606. The van der Waals surface area contributed by atoms with Crippen molar-refractivity contribution >= 4 is 35.6 Å². The maximum absolute atomic E-state index is 5.75. The van der Waals surface area contributed by atoms with Crippen molar-refractivity contribution in [2.24, 2.45) is 4.99 Å². The molecule has 0 bridgehead atoms. The van der Waals surface area contributed by atoms with E-state index in [-0.39, 0.29) is 24.0 Å². The molecule has 2 heterocycles. The van der Waals surface area contributed by atoms with E-state index < -0.39 is 0 Å². The molecule has 0 saturated carbocycles. The molecule has 28 heavy (non-hydrogen) atoms. The van der Waals surface area contributed by atoms with Gasteiger partial charge in [0.1, 0.15) is 0 Å². The highest BCUT2D eigenvalue weighted by atomic mass is 127. The van der Waals surface area contributed by atoms with Crippen molar-refractivity contribution in [1.29, 1.82) is 0 Å². The minimum absolute atomic E-state index is 0. The smallest absolute Gasteiger partial charge is 0.195 e. The van der Waals surface area contributed by atoms with E-state index >= 15 is 0 Å². The number of hydrogen-bond donors (Lipinski definition) is 2. The molecule has 0 atom stereocenters. The molecule has 0 amide bonds. The Labute approximate surface area is 186 Å². The van der Waals surface area contributed by atoms with Crippen LogP contribution in [0.2, 0.25) is 0 Å². The van der Waals surface area contributed by atoms with E-state index in [0.29, 0.717) is 13.2 Å². The Morgan fingerprint density at radius 1 is 1.00 bits per heavy atom. The third-order valence-corrected chi connectivity index (χ3v) is 5.13. The Morgan fingerprint density at radius 2 is 1.79 bits per heavy atom. The largest absolute Gasteiger partial charge is 0.490 e. The zero-order chi connectivity index (χ0) is 18.7. The fourth-order valence-electron chi connectivity index (χ4n) is 3.58. The van der Waals surface area contributed by atoms with Crippen LogP contribution in [0.25, 0.3) is 0 Å². The molecule has 0 spiro atoms. The Balaban J connectivity index is 0.00000280. The van der Waals surface area contributed by atoms with Crippen molar-refractivity contribution in [3.05, 3.63) is 18.2 Å². The van der Waals surface area contributed by atoms with Gasteiger partial charge in [0, 0.05) is 31.8 Å². The number of halogens is 1. The van der Waals surface area contributed by atoms with Crippen molar-refractivity contribution in [1.82, 2.24) is 10.2 Å². The summed E-state index contributed by atoms with van der Waals surface area (Å²) in [4.78, 5) is 6.93. The second-order valence-electron chi connectivity index (χ2n) is 7.30. The normalized spacial score (nSPS) is 17.4. The number of rotatable bonds is 7. The predicted molar refractivity (Wildman–Crippen MR) is 127 cm³/mol. The number of hydrogen-bond acceptors (Lipinski definition) is 4. The lowest BCUT2D eigenvalue weighted by Crippen LogP contribution is -2.32. The molecule has 0 aliphatic carbocycles. The number of ether oxygens (including phenoxy) is 2. The maximum atomic E-state index is 5.75. The van der Waals surface area contributed by atoms with Crippen molar-refractivity contribution in [3.63, 3.8) is 0 Å². The highest BCUT2D eigenvalue weighted by Gasteiger charge is 2.11. The molecule has 0 unspecified atom stereocenters. The number of fused-ring (bicyclic) bond motifs is 1. The van der Waals surface area contributed by atoms with Gasteiger partial charge in [-0.25, -0.2) is 0 Å². The van der Waals surface area contributed by atoms with Gasteiger partial charge in [-0.2, -0.15) is 0 Å². The fourth-order valence-corrected chi connectivity index (χ4v) is 3.58. The van der Waals surface area contributed by atoms with Crippen molar-refractivity contribution in [2.45, 2.75) is 44.9 Å². The Hall–Kier alpha value is -1.22. The van der Waals surface area contributed by atoms with Crippen LogP contribution >= 0.6 is 24.0 Å². The van der Waals surface area contributed by atoms with Crippen LogP contribution in [0.15, 0.2) is 23.2 Å². The van der Waals surface area contributed by atoms with Crippen molar-refractivity contribution < 1.29 is 9.47 Å². The molecule has 2 aliphatic rings. The summed E-state index contributed by atoms with van der Waals surface area (Å²) < 4.78 is 11.4. The average molecular weight is 502 g/mol. The standard InChI is InChI=1S/C21H34N4O2.HI/c1-22-21(23-11-4-2-5-12-25-13-6-3-7-14-25)24-18-9-10-19-20(17-18)27-16-8-15-26-19;/h9-10,17H,2-8,11-16H2,1H3,(H2,22,23,24);1H. The quantitative estimate of drug-likeness (QED) is 0.255. The van der Waals surface area contributed by atoms with Crippen LogP contribution in [-0.2, 0) is 0 Å². The van der Waals surface area contributed by atoms with Gasteiger partial charge in [-0.3, -0.25) is 4.99 Å². The van der Waals surface area contributed by atoms with E-state index in [0.717, 1.165) is 42.5 Å². The predicted octanol–water partition coefficient (Wildman–Crippen LogP) is 4.11. The summed E-state index contributed by atoms with van der Waals surface area (Å²) in [5.74, 6) is 2.40. The number of nitrogens with zero attached hydrogens (tertiary/aromatic N) is 2. The van der Waals surface area contributed by atoms with Crippen LogP contribution in [0.5, 0.6) is 11.5 Å². The van der Waals surface area contributed by atoms with Crippen molar-refractivity contribution in [2.75, 3.05) is 51.8 Å². The van der Waals surface area contributed by atoms with E-state index in [1.165, 1.54) is 51.7 Å². The van der Waals surface area contributed by atoms with E-state index in [1.54, 1.807) is 7.05 Å². The topological polar surface area (TPSA) is 58.1 Å². The Morgan fingerprint density at radius 3 is 2.57 bits per heavy atom. The lowest BCUT2D eigenvalue weighted by molar-refractivity contribution is 0.224. The van der Waals surface area contributed by atoms with E-state index in [4.69, 9.17) is 9.47 Å². The Kier molecular flexibility index (Phi) is 10.8. The van der Waals surface area contributed by atoms with Gasteiger partial charge in [-0.1, -0.05) is 12.8 Å². The number of guanidine groups is 1. The minimum Gasteiger partial charge on any atom is -0.490 e. The lowest BCUT2D eigenvalue weighted by atomic mass is 10.1. The second kappa shape index (κ2) is 13.1. The molecule has 0 aromatic heterocycles. The molecule has 1 fully saturated rings. The van der Waals surface area contributed by atoms with Crippen LogP contribution in [0.3, 0.4) is 0 Å². The number of nitrogens with one attached hydrogen (secondary N) is 2. The van der Waals surface area contributed by atoms with Gasteiger partial charge in [0.15, 0.2) is 17.5 Å². The van der Waals surface area contributed by atoms with E-state index in [1.807, 2.05) is 18.2 Å². The maximum Gasteiger partial charge on any atom is 0.195 e. The molecular formula is C21H35IN4O2. The molecule has 0 radical (unpaired) electrons. The number of likely N-dealkylation sites (tertiary alicyclic amines) is 1. The summed E-state index contributed by atoms with van der Waals surface area (Å²) in [5, 5.41) is 6.74. The first-order chi connectivity index (χ1) is 13.3. The molecule has 3 rings (SSSR count). The number of benzene rings is 1. The first-order valence-corrected chi connectivity index (χ1v) is 10.4. The summed E-state index contributed by atoms with van der Waals surface area (Å²) in [6.07, 6.45) is 8.79. The highest BCUT2D eigenvalue weighted by Crippen LogP contribution is 2.32. The van der Waals surface area contributed by atoms with E-state index in [9.17, 15) is 0 Å². The number of aliphatic imine (C=N–C) groups is 1. The molecule has 7 heteroatoms. The minimum atomic E-state index is 0. The zero-order valence-electron chi connectivity index (χ0n) is 17.0. The lowest BCUT2D eigenvalue weighted by Gasteiger charge is -2.26. The highest BCUT2D eigenvalue weighted by molar-refractivity contribution is 14.0. The number of unbranched alkanes of at least 4 members (excludes halogenated alkanes) is 2.